The number of anilines is 1. The molecule has 5 nitrogen and oxygen atoms in total. The first-order valence-corrected chi connectivity index (χ1v) is 9.39. The van der Waals surface area contributed by atoms with Gasteiger partial charge in [0.1, 0.15) is 23.9 Å². The van der Waals surface area contributed by atoms with Crippen molar-refractivity contribution in [2.75, 3.05) is 19.5 Å². The second-order valence-corrected chi connectivity index (χ2v) is 6.82. The number of benzene rings is 3. The van der Waals surface area contributed by atoms with E-state index in [0.717, 1.165) is 16.9 Å². The van der Waals surface area contributed by atoms with Crippen molar-refractivity contribution in [3.8, 4) is 17.2 Å². The Kier molecular flexibility index (Phi) is 6.62. The van der Waals surface area contributed by atoms with E-state index in [1.54, 1.807) is 62.8 Å². The van der Waals surface area contributed by atoms with Crippen molar-refractivity contribution in [1.82, 2.24) is 0 Å². The molecule has 0 aliphatic rings. The molecule has 0 aliphatic carbocycles. The first-order valence-electron chi connectivity index (χ1n) is 9.01. The van der Waals surface area contributed by atoms with Gasteiger partial charge in [0, 0.05) is 21.8 Å². The van der Waals surface area contributed by atoms with Gasteiger partial charge in [0.15, 0.2) is 0 Å². The molecule has 0 saturated carbocycles. The van der Waals surface area contributed by atoms with Gasteiger partial charge in [0.2, 0.25) is 0 Å². The maximum atomic E-state index is 12.6. The maximum absolute atomic E-state index is 12.6. The van der Waals surface area contributed by atoms with Gasteiger partial charge in [-0.05, 0) is 73.2 Å². The average Bonchev–Trinajstić information content (AvgIpc) is 2.74. The number of hydrogen-bond donors (Lipinski definition) is 1. The van der Waals surface area contributed by atoms with E-state index in [9.17, 15) is 4.79 Å². The fourth-order valence-corrected chi connectivity index (χ4v) is 2.90. The first kappa shape index (κ1) is 20.6. The van der Waals surface area contributed by atoms with Gasteiger partial charge in [0.25, 0.3) is 5.91 Å². The average molecular weight is 412 g/mol. The molecular formula is C23H22ClNO4. The van der Waals surface area contributed by atoms with Gasteiger partial charge in [-0.1, -0.05) is 11.6 Å². The molecule has 0 spiro atoms. The zero-order valence-corrected chi connectivity index (χ0v) is 17.2. The maximum Gasteiger partial charge on any atom is 0.255 e. The zero-order chi connectivity index (χ0) is 20.8. The van der Waals surface area contributed by atoms with Crippen molar-refractivity contribution in [2.24, 2.45) is 0 Å². The molecule has 6 heteroatoms. The minimum Gasteiger partial charge on any atom is -0.497 e. The fraction of sp³-hybridized carbons (Fsp3) is 0.174. The summed E-state index contributed by atoms with van der Waals surface area (Å²) in [5.41, 5.74) is 2.89. The SMILES string of the molecule is COc1ccc(NC(=O)c2ccc(OC)c(COc3ccc(Cl)c(C)c3)c2)cc1. The molecule has 0 aliphatic heterocycles. The van der Waals surface area contributed by atoms with Crippen LogP contribution in [-0.2, 0) is 6.61 Å². The van der Waals surface area contributed by atoms with Crippen LogP contribution in [0.3, 0.4) is 0 Å². The van der Waals surface area contributed by atoms with Gasteiger partial charge in [-0.2, -0.15) is 0 Å². The Morgan fingerprint density at radius 2 is 1.66 bits per heavy atom. The van der Waals surface area contributed by atoms with E-state index in [1.165, 1.54) is 0 Å². The van der Waals surface area contributed by atoms with Crippen LogP contribution in [0.15, 0.2) is 60.7 Å². The molecule has 3 aromatic rings. The highest BCUT2D eigenvalue weighted by atomic mass is 35.5. The lowest BCUT2D eigenvalue weighted by molar-refractivity contribution is 0.102. The summed E-state index contributed by atoms with van der Waals surface area (Å²) in [6.45, 7) is 2.17. The number of methoxy groups -OCH3 is 2. The molecule has 0 aromatic heterocycles. The molecule has 1 amide bonds. The number of carbonyl (C=O) groups is 1. The highest BCUT2D eigenvalue weighted by Crippen LogP contribution is 2.25. The monoisotopic (exact) mass is 411 g/mol. The van der Waals surface area contributed by atoms with Crippen LogP contribution in [0.1, 0.15) is 21.5 Å². The van der Waals surface area contributed by atoms with Crippen molar-refractivity contribution in [3.63, 3.8) is 0 Å². The number of nitrogens with one attached hydrogen (secondary N) is 1. The highest BCUT2D eigenvalue weighted by molar-refractivity contribution is 6.31. The molecule has 0 atom stereocenters. The summed E-state index contributed by atoms with van der Waals surface area (Å²) >= 11 is 6.06. The summed E-state index contributed by atoms with van der Waals surface area (Å²) in [4.78, 5) is 12.6. The smallest absolute Gasteiger partial charge is 0.255 e. The summed E-state index contributed by atoms with van der Waals surface area (Å²) in [6.07, 6.45) is 0. The topological polar surface area (TPSA) is 56.8 Å². The van der Waals surface area contributed by atoms with E-state index < -0.39 is 0 Å². The summed E-state index contributed by atoms with van der Waals surface area (Å²) in [5, 5.41) is 3.56. The number of halogens is 1. The van der Waals surface area contributed by atoms with Crippen LogP contribution in [0, 0.1) is 6.92 Å². The molecule has 0 bridgehead atoms. The van der Waals surface area contributed by atoms with Gasteiger partial charge in [-0.3, -0.25) is 4.79 Å². The third-order valence-corrected chi connectivity index (χ3v) is 4.84. The summed E-state index contributed by atoms with van der Waals surface area (Å²) in [6, 6.07) is 17.9. The highest BCUT2D eigenvalue weighted by Gasteiger charge is 2.12. The second kappa shape index (κ2) is 9.34. The molecule has 0 unspecified atom stereocenters. The minimum absolute atomic E-state index is 0.221. The van der Waals surface area contributed by atoms with Crippen LogP contribution in [0.2, 0.25) is 5.02 Å². The Bertz CT molecular complexity index is 1000. The van der Waals surface area contributed by atoms with Crippen LogP contribution < -0.4 is 19.5 Å². The molecule has 0 saturated heterocycles. The molecule has 0 fully saturated rings. The number of carbonyl (C=O) groups excluding carboxylic acids is 1. The first-order chi connectivity index (χ1) is 14.0. The molecule has 3 rings (SSSR count). The van der Waals surface area contributed by atoms with Gasteiger partial charge >= 0.3 is 0 Å². The largest absolute Gasteiger partial charge is 0.497 e. The van der Waals surface area contributed by atoms with E-state index in [1.807, 2.05) is 19.1 Å². The molecule has 0 heterocycles. The van der Waals surface area contributed by atoms with E-state index >= 15 is 0 Å². The van der Waals surface area contributed by atoms with Crippen molar-refractivity contribution in [2.45, 2.75) is 13.5 Å². The van der Waals surface area contributed by atoms with Crippen LogP contribution in [0.4, 0.5) is 5.69 Å². The summed E-state index contributed by atoms with van der Waals surface area (Å²) < 4.78 is 16.4. The van der Waals surface area contributed by atoms with Crippen molar-refractivity contribution < 1.29 is 19.0 Å². The van der Waals surface area contributed by atoms with Crippen molar-refractivity contribution in [1.29, 1.82) is 0 Å². The third-order valence-electron chi connectivity index (χ3n) is 4.41. The lowest BCUT2D eigenvalue weighted by Crippen LogP contribution is -2.12. The Balaban J connectivity index is 1.74. The lowest BCUT2D eigenvalue weighted by Gasteiger charge is -2.13. The number of amides is 1. The number of rotatable bonds is 7. The zero-order valence-electron chi connectivity index (χ0n) is 16.5. The molecule has 150 valence electrons. The van der Waals surface area contributed by atoms with Gasteiger partial charge < -0.3 is 19.5 Å². The van der Waals surface area contributed by atoms with E-state index in [0.29, 0.717) is 27.8 Å². The minimum atomic E-state index is -0.221. The molecule has 0 radical (unpaired) electrons. The summed E-state index contributed by atoms with van der Waals surface area (Å²) in [7, 11) is 3.18. The van der Waals surface area contributed by atoms with Crippen LogP contribution in [0.5, 0.6) is 17.2 Å². The van der Waals surface area contributed by atoms with E-state index in [2.05, 4.69) is 5.32 Å². The predicted molar refractivity (Wildman–Crippen MR) is 114 cm³/mol. The molecule has 3 aromatic carbocycles. The van der Waals surface area contributed by atoms with Crippen molar-refractivity contribution in [3.05, 3.63) is 82.4 Å². The normalized spacial score (nSPS) is 10.3. The van der Waals surface area contributed by atoms with Gasteiger partial charge in [-0.15, -0.1) is 0 Å². The Labute approximate surface area is 175 Å². The van der Waals surface area contributed by atoms with Crippen LogP contribution in [-0.4, -0.2) is 20.1 Å². The van der Waals surface area contributed by atoms with Gasteiger partial charge in [0.05, 0.1) is 14.2 Å². The lowest BCUT2D eigenvalue weighted by atomic mass is 10.1. The quantitative estimate of drug-likeness (QED) is 0.558. The Hall–Kier alpha value is -3.18. The van der Waals surface area contributed by atoms with E-state index in [4.69, 9.17) is 25.8 Å². The van der Waals surface area contributed by atoms with Crippen molar-refractivity contribution >= 4 is 23.2 Å². The van der Waals surface area contributed by atoms with Crippen LogP contribution in [0.25, 0.3) is 0 Å². The number of hydrogen-bond acceptors (Lipinski definition) is 4. The van der Waals surface area contributed by atoms with E-state index in [-0.39, 0.29) is 12.5 Å². The number of aryl methyl sites for hydroxylation is 1. The Morgan fingerprint density at radius 3 is 2.31 bits per heavy atom. The summed E-state index contributed by atoms with van der Waals surface area (Å²) in [5.74, 6) is 1.85. The second-order valence-electron chi connectivity index (χ2n) is 6.41. The fourth-order valence-electron chi connectivity index (χ4n) is 2.78. The molecule has 29 heavy (non-hydrogen) atoms. The van der Waals surface area contributed by atoms with Crippen LogP contribution >= 0.6 is 11.6 Å². The number of ether oxygens (including phenoxy) is 3. The van der Waals surface area contributed by atoms with Gasteiger partial charge in [-0.25, -0.2) is 0 Å². The molecular weight excluding hydrogens is 390 g/mol. The predicted octanol–water partition coefficient (Wildman–Crippen LogP) is 5.50. The standard InChI is InChI=1S/C23H22ClNO4/c1-15-12-20(9-10-21(15)24)29-14-17-13-16(4-11-22(17)28-3)23(26)25-18-5-7-19(27-2)8-6-18/h4-13H,14H2,1-3H3,(H,25,26). The third kappa shape index (κ3) is 5.21. The molecule has 1 N–H and O–H groups in total. The Morgan fingerprint density at radius 1 is 0.931 bits per heavy atom.